The predicted molar refractivity (Wildman–Crippen MR) is 54.4 cm³/mol. The number of hydrogen-bond acceptors (Lipinski definition) is 4. The zero-order valence-corrected chi connectivity index (χ0v) is 9.55. The fraction of sp³-hybridized carbons (Fsp3) is 0.889. The van der Waals surface area contributed by atoms with Crippen molar-refractivity contribution in [2.45, 2.75) is 19.8 Å². The van der Waals surface area contributed by atoms with Crippen molar-refractivity contribution in [1.29, 1.82) is 0 Å². The van der Waals surface area contributed by atoms with Gasteiger partial charge in [0.25, 0.3) is 0 Å². The number of hydrogen-bond donors (Lipinski definition) is 1. The molecule has 1 rings (SSSR count). The molecule has 15 heavy (non-hydrogen) atoms. The highest BCUT2D eigenvalue weighted by Gasteiger charge is 2.42. The van der Waals surface area contributed by atoms with Crippen molar-refractivity contribution in [3.05, 3.63) is 0 Å². The molecule has 0 spiro atoms. The van der Waals surface area contributed by atoms with Crippen LogP contribution in [-0.2, 0) is 19.4 Å². The summed E-state index contributed by atoms with van der Waals surface area (Å²) >= 11 is 0. The van der Waals surface area contributed by atoms with Gasteiger partial charge in [0.05, 0.1) is 17.8 Å². The first kappa shape index (κ1) is 12.4. The molecule has 1 aliphatic heterocycles. The summed E-state index contributed by atoms with van der Waals surface area (Å²) in [7, 11) is -3.10. The Morgan fingerprint density at radius 1 is 1.53 bits per heavy atom. The molecule has 0 aromatic rings. The van der Waals surface area contributed by atoms with Crippen molar-refractivity contribution in [1.82, 2.24) is 0 Å². The lowest BCUT2D eigenvalue weighted by Gasteiger charge is -2.21. The molecular formula is C9H16O5S. The SMILES string of the molecule is CCS(=O)(=O)CCC1(C(=O)O)CCOC1. The second kappa shape index (κ2) is 4.49. The Hall–Kier alpha value is -0.620. The molecule has 1 heterocycles. The van der Waals surface area contributed by atoms with Crippen LogP contribution in [0, 0.1) is 5.41 Å². The molecule has 1 atom stereocenters. The molecule has 0 aromatic carbocycles. The third kappa shape index (κ3) is 2.92. The zero-order valence-electron chi connectivity index (χ0n) is 8.73. The van der Waals surface area contributed by atoms with Gasteiger partial charge in [0.2, 0.25) is 0 Å². The Kier molecular flexibility index (Phi) is 3.72. The molecule has 1 fully saturated rings. The second-order valence-corrected chi connectivity index (χ2v) is 6.35. The Labute approximate surface area is 89.3 Å². The number of ether oxygens (including phenoxy) is 1. The van der Waals surface area contributed by atoms with E-state index < -0.39 is 21.2 Å². The molecule has 1 unspecified atom stereocenters. The summed E-state index contributed by atoms with van der Waals surface area (Å²) in [6.07, 6.45) is 0.556. The van der Waals surface area contributed by atoms with Crippen LogP contribution in [0.15, 0.2) is 0 Å². The van der Waals surface area contributed by atoms with Crippen molar-refractivity contribution in [3.8, 4) is 0 Å². The van der Waals surface area contributed by atoms with E-state index in [1.807, 2.05) is 0 Å². The highest BCUT2D eigenvalue weighted by atomic mass is 32.2. The molecule has 0 bridgehead atoms. The Morgan fingerprint density at radius 3 is 2.60 bits per heavy atom. The van der Waals surface area contributed by atoms with E-state index in [1.54, 1.807) is 6.92 Å². The fourth-order valence-electron chi connectivity index (χ4n) is 1.58. The highest BCUT2D eigenvalue weighted by molar-refractivity contribution is 7.91. The van der Waals surface area contributed by atoms with Gasteiger partial charge in [-0.1, -0.05) is 6.92 Å². The smallest absolute Gasteiger partial charge is 0.312 e. The van der Waals surface area contributed by atoms with Gasteiger partial charge in [0.15, 0.2) is 0 Å². The Balaban J connectivity index is 2.65. The minimum absolute atomic E-state index is 0.0591. The molecule has 0 radical (unpaired) electrons. The maximum absolute atomic E-state index is 11.3. The Morgan fingerprint density at radius 2 is 2.20 bits per heavy atom. The number of aliphatic carboxylic acids is 1. The van der Waals surface area contributed by atoms with E-state index in [-0.39, 0.29) is 24.5 Å². The zero-order chi connectivity index (χ0) is 11.5. The lowest BCUT2D eigenvalue weighted by molar-refractivity contribution is -0.149. The first-order valence-electron chi connectivity index (χ1n) is 4.93. The third-order valence-corrected chi connectivity index (χ3v) is 4.59. The average Bonchev–Trinajstić information content (AvgIpc) is 2.65. The van der Waals surface area contributed by atoms with E-state index >= 15 is 0 Å². The molecule has 88 valence electrons. The topological polar surface area (TPSA) is 80.7 Å². The number of carbonyl (C=O) groups is 1. The van der Waals surface area contributed by atoms with E-state index in [0.717, 1.165) is 0 Å². The van der Waals surface area contributed by atoms with E-state index in [2.05, 4.69) is 0 Å². The second-order valence-electron chi connectivity index (χ2n) is 3.87. The molecule has 1 N–H and O–H groups in total. The molecule has 0 aromatic heterocycles. The number of rotatable bonds is 5. The summed E-state index contributed by atoms with van der Waals surface area (Å²) in [5.41, 5.74) is -0.984. The van der Waals surface area contributed by atoms with Crippen molar-refractivity contribution in [2.24, 2.45) is 5.41 Å². The Bertz CT molecular complexity index is 326. The lowest BCUT2D eigenvalue weighted by atomic mass is 9.85. The summed E-state index contributed by atoms with van der Waals surface area (Å²) in [5.74, 6) is -0.964. The molecule has 1 saturated heterocycles. The van der Waals surface area contributed by atoms with Crippen LogP contribution in [0.25, 0.3) is 0 Å². The highest BCUT2D eigenvalue weighted by Crippen LogP contribution is 2.33. The van der Waals surface area contributed by atoms with Crippen LogP contribution in [-0.4, -0.2) is 44.2 Å². The van der Waals surface area contributed by atoms with Crippen molar-refractivity contribution in [2.75, 3.05) is 24.7 Å². The average molecular weight is 236 g/mol. The van der Waals surface area contributed by atoms with Crippen molar-refractivity contribution < 1.29 is 23.1 Å². The molecule has 1 aliphatic rings. The summed E-state index contributed by atoms with van der Waals surface area (Å²) in [5, 5.41) is 9.06. The molecule has 0 saturated carbocycles. The van der Waals surface area contributed by atoms with E-state index in [4.69, 9.17) is 9.84 Å². The van der Waals surface area contributed by atoms with Gasteiger partial charge in [0.1, 0.15) is 9.84 Å². The van der Waals surface area contributed by atoms with Gasteiger partial charge in [-0.25, -0.2) is 8.42 Å². The fourth-order valence-corrected chi connectivity index (χ4v) is 2.57. The van der Waals surface area contributed by atoms with Crippen LogP contribution in [0.4, 0.5) is 0 Å². The van der Waals surface area contributed by atoms with Gasteiger partial charge in [0, 0.05) is 12.4 Å². The van der Waals surface area contributed by atoms with Gasteiger partial charge in [-0.2, -0.15) is 0 Å². The van der Waals surface area contributed by atoms with Crippen LogP contribution in [0.1, 0.15) is 19.8 Å². The predicted octanol–water partition coefficient (Wildman–Crippen LogP) is 0.302. The normalized spacial score (nSPS) is 26.7. The molecular weight excluding hydrogens is 220 g/mol. The van der Waals surface area contributed by atoms with Crippen molar-refractivity contribution in [3.63, 3.8) is 0 Å². The van der Waals surface area contributed by atoms with Crippen LogP contribution in [0.3, 0.4) is 0 Å². The standard InChI is InChI=1S/C9H16O5S/c1-2-15(12,13)6-4-9(8(10)11)3-5-14-7-9/h2-7H2,1H3,(H,10,11). The van der Waals surface area contributed by atoms with Gasteiger partial charge < -0.3 is 9.84 Å². The van der Waals surface area contributed by atoms with Gasteiger partial charge in [-0.05, 0) is 12.8 Å². The van der Waals surface area contributed by atoms with Gasteiger partial charge >= 0.3 is 5.97 Å². The monoisotopic (exact) mass is 236 g/mol. The first-order valence-corrected chi connectivity index (χ1v) is 6.75. The van der Waals surface area contributed by atoms with Crippen LogP contribution < -0.4 is 0 Å². The van der Waals surface area contributed by atoms with Crippen molar-refractivity contribution >= 4 is 15.8 Å². The summed E-state index contributed by atoms with van der Waals surface area (Å²) in [6.45, 7) is 2.09. The van der Waals surface area contributed by atoms with E-state index in [9.17, 15) is 13.2 Å². The lowest BCUT2D eigenvalue weighted by Crippen LogP contribution is -2.33. The quantitative estimate of drug-likeness (QED) is 0.742. The molecule has 5 nitrogen and oxygen atoms in total. The molecule has 6 heteroatoms. The summed E-state index contributed by atoms with van der Waals surface area (Å²) < 4.78 is 27.6. The maximum Gasteiger partial charge on any atom is 0.312 e. The third-order valence-electron chi connectivity index (χ3n) is 2.89. The molecule has 0 aliphatic carbocycles. The summed E-state index contributed by atoms with van der Waals surface area (Å²) in [6, 6.07) is 0. The minimum Gasteiger partial charge on any atom is -0.481 e. The summed E-state index contributed by atoms with van der Waals surface area (Å²) in [4.78, 5) is 11.1. The molecule has 0 amide bonds. The van der Waals surface area contributed by atoms with Gasteiger partial charge in [-0.15, -0.1) is 0 Å². The van der Waals surface area contributed by atoms with Crippen LogP contribution >= 0.6 is 0 Å². The minimum atomic E-state index is -3.10. The number of carboxylic acid groups (broad SMARTS) is 1. The van der Waals surface area contributed by atoms with Crippen LogP contribution in [0.2, 0.25) is 0 Å². The van der Waals surface area contributed by atoms with E-state index in [0.29, 0.717) is 13.0 Å². The number of sulfone groups is 1. The largest absolute Gasteiger partial charge is 0.481 e. The van der Waals surface area contributed by atoms with E-state index in [1.165, 1.54) is 0 Å². The van der Waals surface area contributed by atoms with Gasteiger partial charge in [-0.3, -0.25) is 4.79 Å². The van der Waals surface area contributed by atoms with Crippen LogP contribution in [0.5, 0.6) is 0 Å². The number of carboxylic acids is 1. The first-order chi connectivity index (χ1) is 6.92. The maximum atomic E-state index is 11.3.